The van der Waals surface area contributed by atoms with Gasteiger partial charge in [0, 0.05) is 6.04 Å². The summed E-state index contributed by atoms with van der Waals surface area (Å²) in [7, 11) is -3.94. The molecule has 0 aromatic heterocycles. The van der Waals surface area contributed by atoms with Crippen molar-refractivity contribution in [2.75, 3.05) is 6.61 Å². The maximum Gasteiger partial charge on any atom is 0.324 e. The van der Waals surface area contributed by atoms with E-state index in [-0.39, 0.29) is 16.8 Å². The van der Waals surface area contributed by atoms with Gasteiger partial charge in [-0.05, 0) is 75.1 Å². The van der Waals surface area contributed by atoms with Crippen LogP contribution in [0.1, 0.15) is 62.3 Å². The number of nitrogens with one attached hydrogen (secondary N) is 2. The van der Waals surface area contributed by atoms with Crippen LogP contribution in [-0.4, -0.2) is 39.0 Å². The van der Waals surface area contributed by atoms with Crippen LogP contribution in [0.4, 0.5) is 0 Å². The molecule has 0 heterocycles. The third-order valence-electron chi connectivity index (χ3n) is 6.65. The number of rotatable bonds is 7. The van der Waals surface area contributed by atoms with Gasteiger partial charge in [0.2, 0.25) is 10.0 Å². The zero-order chi connectivity index (χ0) is 23.5. The van der Waals surface area contributed by atoms with Crippen LogP contribution in [0.2, 0.25) is 0 Å². The molecule has 0 bridgehead atoms. The quantitative estimate of drug-likeness (QED) is 0.619. The first-order valence-electron chi connectivity index (χ1n) is 10.9. The summed E-state index contributed by atoms with van der Waals surface area (Å²) in [6, 6.07) is 0.890. The van der Waals surface area contributed by atoms with Crippen LogP contribution in [-0.2, 0) is 24.3 Å². The first-order chi connectivity index (χ1) is 14.3. The first kappa shape index (κ1) is 25.3. The Labute approximate surface area is 186 Å². The molecule has 4 atom stereocenters. The van der Waals surface area contributed by atoms with Crippen molar-refractivity contribution in [3.63, 3.8) is 0 Å². The number of sulfonamides is 1. The van der Waals surface area contributed by atoms with E-state index in [4.69, 9.17) is 4.74 Å². The van der Waals surface area contributed by atoms with E-state index in [0.717, 1.165) is 30.4 Å². The average molecular weight is 453 g/mol. The van der Waals surface area contributed by atoms with Crippen LogP contribution >= 0.6 is 0 Å². The number of benzene rings is 1. The average Bonchev–Trinajstić information content (AvgIpc) is 2.67. The highest BCUT2D eigenvalue weighted by Gasteiger charge is 2.30. The molecule has 0 aliphatic heterocycles. The topological polar surface area (TPSA) is 102 Å². The minimum Gasteiger partial charge on any atom is -0.454 e. The fourth-order valence-corrected chi connectivity index (χ4v) is 6.03. The standard InChI is InChI=1S/C23H36N2O5S/c1-13-9-8-10-20(16(13)4)24-21(26)12-30-23(27)19(7)25-31(28,29)22-17(5)14(2)11-15(3)18(22)6/h11,13,16,19-20,25H,8-10,12H2,1-7H3,(H,24,26)/t13-,16-,19+,20-/m1/s1. The molecule has 1 aromatic rings. The van der Waals surface area contributed by atoms with E-state index >= 15 is 0 Å². The second-order valence-corrected chi connectivity index (χ2v) is 10.6. The van der Waals surface area contributed by atoms with E-state index in [1.807, 2.05) is 19.9 Å². The molecule has 31 heavy (non-hydrogen) atoms. The molecule has 0 saturated heterocycles. The maximum absolute atomic E-state index is 13.0. The summed E-state index contributed by atoms with van der Waals surface area (Å²) in [5.74, 6) is -0.254. The van der Waals surface area contributed by atoms with E-state index in [9.17, 15) is 18.0 Å². The van der Waals surface area contributed by atoms with E-state index in [1.165, 1.54) is 6.92 Å². The van der Waals surface area contributed by atoms with Gasteiger partial charge in [0.15, 0.2) is 6.61 Å². The number of hydrogen-bond acceptors (Lipinski definition) is 5. The highest BCUT2D eigenvalue weighted by Crippen LogP contribution is 2.29. The van der Waals surface area contributed by atoms with E-state index in [0.29, 0.717) is 23.0 Å². The van der Waals surface area contributed by atoms with Gasteiger partial charge in [-0.1, -0.05) is 32.8 Å². The van der Waals surface area contributed by atoms with Crippen molar-refractivity contribution in [2.24, 2.45) is 11.8 Å². The van der Waals surface area contributed by atoms with Crippen molar-refractivity contribution < 1.29 is 22.7 Å². The Bertz CT molecular complexity index is 916. The van der Waals surface area contributed by atoms with Crippen LogP contribution in [0, 0.1) is 39.5 Å². The summed E-state index contributed by atoms with van der Waals surface area (Å²) in [5, 5.41) is 2.94. The summed E-state index contributed by atoms with van der Waals surface area (Å²) in [5.41, 5.74) is 3.01. The van der Waals surface area contributed by atoms with E-state index in [2.05, 4.69) is 23.9 Å². The normalized spacial score (nSPS) is 22.6. The molecule has 7 nitrogen and oxygen atoms in total. The molecule has 1 amide bonds. The lowest BCUT2D eigenvalue weighted by Crippen LogP contribution is -2.46. The predicted octanol–water partition coefficient (Wildman–Crippen LogP) is 3.07. The van der Waals surface area contributed by atoms with Gasteiger partial charge < -0.3 is 10.1 Å². The molecule has 0 radical (unpaired) electrons. The summed E-state index contributed by atoms with van der Waals surface area (Å²) in [6.45, 7) is 12.5. The Balaban J connectivity index is 1.97. The molecular weight excluding hydrogens is 416 g/mol. The Hall–Kier alpha value is -1.93. The van der Waals surface area contributed by atoms with Crippen LogP contribution in [0.25, 0.3) is 0 Å². The third-order valence-corrected chi connectivity index (χ3v) is 8.46. The van der Waals surface area contributed by atoms with Gasteiger partial charge in [0.25, 0.3) is 5.91 Å². The first-order valence-corrected chi connectivity index (χ1v) is 12.4. The van der Waals surface area contributed by atoms with Gasteiger partial charge in [-0.2, -0.15) is 4.72 Å². The van der Waals surface area contributed by atoms with Crippen molar-refractivity contribution in [3.05, 3.63) is 28.3 Å². The lowest BCUT2D eigenvalue weighted by molar-refractivity contribution is -0.150. The van der Waals surface area contributed by atoms with Crippen LogP contribution in [0.3, 0.4) is 0 Å². The van der Waals surface area contributed by atoms with Crippen molar-refractivity contribution in [1.82, 2.24) is 10.0 Å². The molecule has 1 aliphatic carbocycles. The lowest BCUT2D eigenvalue weighted by Gasteiger charge is -2.34. The van der Waals surface area contributed by atoms with Crippen molar-refractivity contribution in [2.45, 2.75) is 84.7 Å². The Morgan fingerprint density at radius 3 is 2.26 bits per heavy atom. The number of hydrogen-bond donors (Lipinski definition) is 2. The molecule has 2 rings (SSSR count). The van der Waals surface area contributed by atoms with E-state index in [1.54, 1.807) is 13.8 Å². The predicted molar refractivity (Wildman–Crippen MR) is 120 cm³/mol. The zero-order valence-electron chi connectivity index (χ0n) is 19.7. The largest absolute Gasteiger partial charge is 0.454 e. The highest BCUT2D eigenvalue weighted by atomic mass is 32.2. The molecule has 0 spiro atoms. The van der Waals surface area contributed by atoms with Gasteiger partial charge in [-0.25, -0.2) is 8.42 Å². The summed E-state index contributed by atoms with van der Waals surface area (Å²) in [6.07, 6.45) is 3.13. The minimum absolute atomic E-state index is 0.0707. The molecule has 0 unspecified atom stereocenters. The SMILES string of the molecule is Cc1cc(C)c(C)c(S(=O)(=O)N[C@@H](C)C(=O)OCC(=O)N[C@@H]2CCC[C@@H](C)[C@H]2C)c1C. The molecular formula is C23H36N2O5S. The summed E-state index contributed by atoms with van der Waals surface area (Å²) in [4.78, 5) is 24.8. The second-order valence-electron chi connectivity index (χ2n) is 8.98. The van der Waals surface area contributed by atoms with Crippen LogP contribution in [0.15, 0.2) is 11.0 Å². The fourth-order valence-electron chi connectivity index (χ4n) is 4.22. The fraction of sp³-hybridized carbons (Fsp3) is 0.652. The molecule has 1 aliphatic rings. The number of esters is 1. The van der Waals surface area contributed by atoms with Crippen molar-refractivity contribution >= 4 is 21.9 Å². The van der Waals surface area contributed by atoms with Crippen molar-refractivity contribution in [3.8, 4) is 0 Å². The smallest absolute Gasteiger partial charge is 0.324 e. The number of carbonyl (C=O) groups is 2. The molecule has 1 fully saturated rings. The molecule has 1 saturated carbocycles. The van der Waals surface area contributed by atoms with Gasteiger partial charge in [0.1, 0.15) is 6.04 Å². The Kier molecular flexibility index (Phi) is 8.27. The molecule has 1 aromatic carbocycles. The van der Waals surface area contributed by atoms with Gasteiger partial charge in [-0.15, -0.1) is 0 Å². The number of ether oxygens (including phenoxy) is 1. The van der Waals surface area contributed by atoms with Gasteiger partial charge >= 0.3 is 5.97 Å². The number of amides is 1. The van der Waals surface area contributed by atoms with Crippen molar-refractivity contribution in [1.29, 1.82) is 0 Å². The zero-order valence-corrected chi connectivity index (χ0v) is 20.5. The minimum atomic E-state index is -3.94. The van der Waals surface area contributed by atoms with E-state index < -0.39 is 28.6 Å². The summed E-state index contributed by atoms with van der Waals surface area (Å²) >= 11 is 0. The summed E-state index contributed by atoms with van der Waals surface area (Å²) < 4.78 is 33.4. The highest BCUT2D eigenvalue weighted by molar-refractivity contribution is 7.89. The van der Waals surface area contributed by atoms with Crippen LogP contribution < -0.4 is 10.0 Å². The Morgan fingerprint density at radius 1 is 1.10 bits per heavy atom. The lowest BCUT2D eigenvalue weighted by atomic mass is 9.78. The second kappa shape index (κ2) is 10.1. The van der Waals surface area contributed by atoms with Gasteiger partial charge in [-0.3, -0.25) is 9.59 Å². The maximum atomic E-state index is 13.0. The number of aryl methyl sites for hydroxylation is 2. The Morgan fingerprint density at radius 2 is 1.68 bits per heavy atom. The molecule has 174 valence electrons. The van der Waals surface area contributed by atoms with Gasteiger partial charge in [0.05, 0.1) is 4.90 Å². The monoisotopic (exact) mass is 452 g/mol. The molecule has 8 heteroatoms. The van der Waals surface area contributed by atoms with Crippen LogP contribution in [0.5, 0.6) is 0 Å². The molecule has 2 N–H and O–H groups in total. The number of carbonyl (C=O) groups excluding carboxylic acids is 2. The third kappa shape index (κ3) is 6.07.